The molecule has 0 saturated heterocycles. The standard InChI is InChI=1S/C15H21N5O6/c16-15-19-12-8(13(24)20-15)5-7(6-17-12)1-3-10(21)18-9(14(25)26)2-4-11(22)23/h7,9H,1-6H2,(H,18,21)(H,22,23)(H,25,26)(H4,16,17,19,20,24)/t7-,9+/m1/s1. The SMILES string of the molecule is Nc1nc2c(c(=O)[nH]1)C[C@@H](CCC(=O)N[C@@H](CCC(=O)O)C(=O)O)CN2. The number of aromatic nitrogens is 2. The summed E-state index contributed by atoms with van der Waals surface area (Å²) in [6, 6.07) is -1.24. The van der Waals surface area contributed by atoms with E-state index in [0.717, 1.165) is 0 Å². The first-order valence-corrected chi connectivity index (χ1v) is 8.12. The molecule has 0 spiro atoms. The molecule has 1 aromatic heterocycles. The molecule has 0 unspecified atom stereocenters. The third kappa shape index (κ3) is 5.19. The Balaban J connectivity index is 1.86. The lowest BCUT2D eigenvalue weighted by molar-refractivity contribution is -0.143. The van der Waals surface area contributed by atoms with Gasteiger partial charge in [0.25, 0.3) is 5.56 Å². The van der Waals surface area contributed by atoms with Crippen molar-refractivity contribution in [1.82, 2.24) is 15.3 Å². The van der Waals surface area contributed by atoms with Gasteiger partial charge < -0.3 is 26.6 Å². The molecular formula is C15H21N5O6. The van der Waals surface area contributed by atoms with Gasteiger partial charge in [0.2, 0.25) is 11.9 Å². The van der Waals surface area contributed by atoms with E-state index < -0.39 is 23.9 Å². The fourth-order valence-electron chi connectivity index (χ4n) is 2.78. The third-order valence-corrected chi connectivity index (χ3v) is 4.14. The van der Waals surface area contributed by atoms with Crippen LogP contribution in [0, 0.1) is 5.92 Å². The van der Waals surface area contributed by atoms with Crippen molar-refractivity contribution >= 4 is 29.6 Å². The van der Waals surface area contributed by atoms with Crippen molar-refractivity contribution in [2.75, 3.05) is 17.6 Å². The molecule has 0 fully saturated rings. The number of nitrogens with zero attached hydrogens (tertiary/aromatic N) is 1. The number of aromatic amines is 1. The second-order valence-electron chi connectivity index (χ2n) is 6.16. The van der Waals surface area contributed by atoms with E-state index in [1.807, 2.05) is 0 Å². The maximum Gasteiger partial charge on any atom is 0.326 e. The molecule has 0 aliphatic carbocycles. The number of H-pyrrole nitrogens is 1. The third-order valence-electron chi connectivity index (χ3n) is 4.14. The highest BCUT2D eigenvalue weighted by molar-refractivity contribution is 5.83. The number of hydrogen-bond acceptors (Lipinski definition) is 7. The van der Waals surface area contributed by atoms with E-state index in [1.165, 1.54) is 0 Å². The Labute approximate surface area is 148 Å². The number of nitrogen functional groups attached to an aromatic ring is 1. The van der Waals surface area contributed by atoms with Gasteiger partial charge in [0.15, 0.2) is 0 Å². The van der Waals surface area contributed by atoms with Crippen molar-refractivity contribution in [1.29, 1.82) is 0 Å². The van der Waals surface area contributed by atoms with Gasteiger partial charge in [0, 0.05) is 19.4 Å². The fraction of sp³-hybridized carbons (Fsp3) is 0.533. The smallest absolute Gasteiger partial charge is 0.326 e. The van der Waals surface area contributed by atoms with E-state index in [0.29, 0.717) is 30.8 Å². The quantitative estimate of drug-likeness (QED) is 0.340. The summed E-state index contributed by atoms with van der Waals surface area (Å²) in [5, 5.41) is 23.0. The summed E-state index contributed by atoms with van der Waals surface area (Å²) in [5.74, 6) is -2.41. The van der Waals surface area contributed by atoms with Gasteiger partial charge in [-0.05, 0) is 25.2 Å². The molecule has 0 aromatic carbocycles. The molecule has 2 rings (SSSR count). The van der Waals surface area contributed by atoms with Crippen LogP contribution < -0.4 is 21.9 Å². The summed E-state index contributed by atoms with van der Waals surface area (Å²) in [5.41, 5.74) is 5.63. The first kappa shape index (κ1) is 19.2. The summed E-state index contributed by atoms with van der Waals surface area (Å²) in [6.07, 6.45) is 0.405. The highest BCUT2D eigenvalue weighted by atomic mass is 16.4. The van der Waals surface area contributed by atoms with Gasteiger partial charge in [-0.3, -0.25) is 19.4 Å². The van der Waals surface area contributed by atoms with Crippen LogP contribution >= 0.6 is 0 Å². The summed E-state index contributed by atoms with van der Waals surface area (Å²) in [4.78, 5) is 51.9. The van der Waals surface area contributed by atoms with Crippen LogP contribution in [-0.2, 0) is 20.8 Å². The molecule has 11 heteroatoms. The molecule has 1 amide bonds. The van der Waals surface area contributed by atoms with Crippen molar-refractivity contribution in [2.45, 2.75) is 38.1 Å². The monoisotopic (exact) mass is 367 g/mol. The average molecular weight is 367 g/mol. The summed E-state index contributed by atoms with van der Waals surface area (Å²) >= 11 is 0. The number of carbonyl (C=O) groups is 3. The molecule has 1 aliphatic heterocycles. The first-order chi connectivity index (χ1) is 12.3. The Morgan fingerprint density at radius 2 is 2.04 bits per heavy atom. The molecule has 0 bridgehead atoms. The normalized spacial score (nSPS) is 16.8. The number of amides is 1. The van der Waals surface area contributed by atoms with E-state index in [-0.39, 0.29) is 36.7 Å². The minimum absolute atomic E-state index is 0.00192. The molecule has 142 valence electrons. The Bertz CT molecular complexity index is 761. The molecule has 7 N–H and O–H groups in total. The molecule has 0 saturated carbocycles. The molecule has 2 atom stereocenters. The minimum Gasteiger partial charge on any atom is -0.481 e. The zero-order valence-electron chi connectivity index (χ0n) is 13.9. The first-order valence-electron chi connectivity index (χ1n) is 8.12. The molecule has 1 aromatic rings. The average Bonchev–Trinajstić information content (AvgIpc) is 2.56. The highest BCUT2D eigenvalue weighted by Crippen LogP contribution is 2.23. The molecule has 11 nitrogen and oxygen atoms in total. The number of carboxylic acids is 2. The van der Waals surface area contributed by atoms with Gasteiger partial charge in [-0.1, -0.05) is 0 Å². The number of carbonyl (C=O) groups excluding carboxylic acids is 1. The van der Waals surface area contributed by atoms with Gasteiger partial charge in [-0.25, -0.2) is 4.79 Å². The predicted octanol–water partition coefficient (Wildman–Crippen LogP) is -0.849. The van der Waals surface area contributed by atoms with Crippen LogP contribution in [0.2, 0.25) is 0 Å². The molecular weight excluding hydrogens is 346 g/mol. The number of nitrogens with two attached hydrogens (primary N) is 1. The van der Waals surface area contributed by atoms with E-state index in [2.05, 4.69) is 20.6 Å². The van der Waals surface area contributed by atoms with Crippen molar-refractivity contribution in [2.24, 2.45) is 5.92 Å². The second kappa shape index (κ2) is 8.32. The summed E-state index contributed by atoms with van der Waals surface area (Å²) in [7, 11) is 0. The number of rotatable bonds is 8. The number of carboxylic acid groups (broad SMARTS) is 2. The maximum atomic E-state index is 12.0. The predicted molar refractivity (Wildman–Crippen MR) is 90.6 cm³/mol. The highest BCUT2D eigenvalue weighted by Gasteiger charge is 2.25. The van der Waals surface area contributed by atoms with E-state index in [1.54, 1.807) is 0 Å². The number of fused-ring (bicyclic) bond motifs is 1. The Kier molecular flexibility index (Phi) is 6.15. The Morgan fingerprint density at radius 3 is 2.69 bits per heavy atom. The zero-order chi connectivity index (χ0) is 19.3. The van der Waals surface area contributed by atoms with E-state index >= 15 is 0 Å². The molecule has 26 heavy (non-hydrogen) atoms. The van der Waals surface area contributed by atoms with Gasteiger partial charge in [-0.15, -0.1) is 0 Å². The summed E-state index contributed by atoms with van der Waals surface area (Å²) < 4.78 is 0. The number of nitrogens with one attached hydrogen (secondary N) is 3. The lowest BCUT2D eigenvalue weighted by atomic mass is 9.92. The van der Waals surface area contributed by atoms with Gasteiger partial charge in [0.1, 0.15) is 11.9 Å². The summed E-state index contributed by atoms with van der Waals surface area (Å²) in [6.45, 7) is 0.511. The van der Waals surface area contributed by atoms with Crippen LogP contribution in [0.25, 0.3) is 0 Å². The Morgan fingerprint density at radius 1 is 1.31 bits per heavy atom. The van der Waals surface area contributed by atoms with Crippen LogP contribution in [0.1, 0.15) is 31.2 Å². The van der Waals surface area contributed by atoms with E-state index in [9.17, 15) is 19.2 Å². The van der Waals surface area contributed by atoms with Crippen LogP contribution in [-0.4, -0.2) is 50.6 Å². The Hall–Kier alpha value is -3.11. The van der Waals surface area contributed by atoms with Gasteiger partial charge >= 0.3 is 11.9 Å². The lowest BCUT2D eigenvalue weighted by Crippen LogP contribution is -2.41. The number of anilines is 2. The fourth-order valence-corrected chi connectivity index (χ4v) is 2.78. The van der Waals surface area contributed by atoms with Crippen molar-refractivity contribution in [3.05, 3.63) is 15.9 Å². The molecule has 2 heterocycles. The molecule has 0 radical (unpaired) electrons. The van der Waals surface area contributed by atoms with Crippen molar-refractivity contribution < 1.29 is 24.6 Å². The van der Waals surface area contributed by atoms with Crippen LogP contribution in [0.4, 0.5) is 11.8 Å². The van der Waals surface area contributed by atoms with Gasteiger partial charge in [-0.2, -0.15) is 4.98 Å². The van der Waals surface area contributed by atoms with Crippen LogP contribution in [0.3, 0.4) is 0 Å². The topological polar surface area (TPSA) is 187 Å². The zero-order valence-corrected chi connectivity index (χ0v) is 13.9. The molecule has 1 aliphatic rings. The maximum absolute atomic E-state index is 12.0. The lowest BCUT2D eigenvalue weighted by Gasteiger charge is -2.24. The largest absolute Gasteiger partial charge is 0.481 e. The number of hydrogen-bond donors (Lipinski definition) is 6. The minimum atomic E-state index is -1.27. The second-order valence-corrected chi connectivity index (χ2v) is 6.16. The van der Waals surface area contributed by atoms with Crippen molar-refractivity contribution in [3.63, 3.8) is 0 Å². The van der Waals surface area contributed by atoms with E-state index in [4.69, 9.17) is 15.9 Å². The van der Waals surface area contributed by atoms with Crippen LogP contribution in [0.5, 0.6) is 0 Å². The van der Waals surface area contributed by atoms with Crippen LogP contribution in [0.15, 0.2) is 4.79 Å². The van der Waals surface area contributed by atoms with Crippen molar-refractivity contribution in [3.8, 4) is 0 Å². The van der Waals surface area contributed by atoms with Gasteiger partial charge in [0.05, 0.1) is 5.56 Å². The number of aliphatic carboxylic acids is 2.